The molecule has 1 heterocycles. The van der Waals surface area contributed by atoms with Gasteiger partial charge in [-0.3, -0.25) is 10.1 Å². The van der Waals surface area contributed by atoms with Gasteiger partial charge in [-0.15, -0.1) is 17.9 Å². The summed E-state index contributed by atoms with van der Waals surface area (Å²) in [5.41, 5.74) is 0.759. The van der Waals surface area contributed by atoms with Crippen LogP contribution in [-0.4, -0.2) is 21.5 Å². The summed E-state index contributed by atoms with van der Waals surface area (Å²) in [5, 5.41) is 14.3. The number of thiophene rings is 1. The van der Waals surface area contributed by atoms with E-state index in [9.17, 15) is 10.1 Å². The number of nitro benzene ring substituents is 1. The molecule has 0 radical (unpaired) electrons. The van der Waals surface area contributed by atoms with Gasteiger partial charge in [-0.2, -0.15) is 0 Å². The Hall–Kier alpha value is -1.77. The van der Waals surface area contributed by atoms with E-state index in [1.165, 1.54) is 17.0 Å². The molecular weight excluding hydrogens is 398 g/mol. The number of anilines is 1. The van der Waals surface area contributed by atoms with E-state index in [0.29, 0.717) is 23.9 Å². The van der Waals surface area contributed by atoms with Gasteiger partial charge >= 0.3 is 0 Å². The Labute approximate surface area is 151 Å². The van der Waals surface area contributed by atoms with Crippen molar-refractivity contribution in [2.24, 2.45) is 0 Å². The minimum atomic E-state index is -0.430. The van der Waals surface area contributed by atoms with Crippen LogP contribution in [0.3, 0.4) is 0 Å². The molecule has 1 N–H and O–H groups in total. The molecule has 2 aromatic rings. The maximum Gasteiger partial charge on any atom is 0.269 e. The van der Waals surface area contributed by atoms with E-state index in [1.807, 2.05) is 17.0 Å². The zero-order valence-corrected chi connectivity index (χ0v) is 15.3. The second kappa shape index (κ2) is 8.19. The second-order valence-corrected chi connectivity index (χ2v) is 7.54. The molecule has 0 amide bonds. The summed E-state index contributed by atoms with van der Waals surface area (Å²) in [6.45, 7) is 5.03. The minimum Gasteiger partial charge on any atom is -0.340 e. The largest absolute Gasteiger partial charge is 0.340 e. The normalized spacial score (nSPS) is 10.1. The Morgan fingerprint density at radius 3 is 2.61 bits per heavy atom. The van der Waals surface area contributed by atoms with E-state index < -0.39 is 4.92 Å². The highest BCUT2D eigenvalue weighted by Crippen LogP contribution is 2.24. The molecule has 0 saturated carbocycles. The molecule has 0 aliphatic heterocycles. The van der Waals surface area contributed by atoms with Gasteiger partial charge in [-0.1, -0.05) is 6.08 Å². The number of non-ortho nitro benzene ring substituents is 1. The summed E-state index contributed by atoms with van der Waals surface area (Å²) in [5.74, 6) is 0. The number of benzene rings is 1. The molecule has 1 aromatic heterocycles. The molecule has 8 heteroatoms. The molecular formula is C15H14BrN3O2S2. The summed E-state index contributed by atoms with van der Waals surface area (Å²) < 4.78 is 1.07. The number of thiocarbonyl (C=S) groups is 1. The molecule has 0 atom stereocenters. The number of halogens is 1. The monoisotopic (exact) mass is 411 g/mol. The van der Waals surface area contributed by atoms with Gasteiger partial charge in [0.1, 0.15) is 0 Å². The van der Waals surface area contributed by atoms with Crippen LogP contribution in [0.15, 0.2) is 52.8 Å². The van der Waals surface area contributed by atoms with Crippen molar-refractivity contribution in [2.45, 2.75) is 6.54 Å². The lowest BCUT2D eigenvalue weighted by atomic mass is 10.3. The van der Waals surface area contributed by atoms with Gasteiger partial charge in [0.15, 0.2) is 5.11 Å². The Morgan fingerprint density at radius 1 is 1.39 bits per heavy atom. The maximum atomic E-state index is 10.7. The molecule has 0 aliphatic carbocycles. The first kappa shape index (κ1) is 17.6. The lowest BCUT2D eigenvalue weighted by molar-refractivity contribution is -0.384. The van der Waals surface area contributed by atoms with Crippen LogP contribution >= 0.6 is 39.5 Å². The van der Waals surface area contributed by atoms with E-state index in [4.69, 9.17) is 12.2 Å². The molecule has 120 valence electrons. The summed E-state index contributed by atoms with van der Waals surface area (Å²) in [4.78, 5) is 13.4. The summed E-state index contributed by atoms with van der Waals surface area (Å²) in [6, 6.07) is 10.2. The van der Waals surface area contributed by atoms with Crippen molar-refractivity contribution < 1.29 is 4.92 Å². The highest BCUT2D eigenvalue weighted by atomic mass is 79.9. The van der Waals surface area contributed by atoms with Crippen LogP contribution in [0, 0.1) is 10.1 Å². The van der Waals surface area contributed by atoms with Gasteiger partial charge < -0.3 is 10.2 Å². The van der Waals surface area contributed by atoms with Crippen LogP contribution < -0.4 is 5.32 Å². The number of rotatable bonds is 6. The zero-order chi connectivity index (χ0) is 16.8. The molecule has 0 spiro atoms. The van der Waals surface area contributed by atoms with Gasteiger partial charge in [-0.05, 0) is 52.4 Å². The van der Waals surface area contributed by atoms with Crippen molar-refractivity contribution in [3.8, 4) is 0 Å². The SMILES string of the molecule is C=CCN(Cc1ccc(Br)s1)C(=S)Nc1ccc([N+](=O)[O-])cc1. The second-order valence-electron chi connectivity index (χ2n) is 4.61. The van der Waals surface area contributed by atoms with Crippen LogP contribution in [0.2, 0.25) is 0 Å². The van der Waals surface area contributed by atoms with Crippen LogP contribution in [-0.2, 0) is 6.54 Å². The quantitative estimate of drug-likeness (QED) is 0.320. The molecule has 2 rings (SSSR count). The van der Waals surface area contributed by atoms with Gasteiger partial charge in [0.05, 0.1) is 15.3 Å². The Balaban J connectivity index is 2.05. The lowest BCUT2D eigenvalue weighted by Gasteiger charge is -2.24. The third-order valence-corrected chi connectivity index (χ3v) is 4.91. The van der Waals surface area contributed by atoms with Crippen molar-refractivity contribution in [1.29, 1.82) is 0 Å². The summed E-state index contributed by atoms with van der Waals surface area (Å²) >= 11 is 10.5. The lowest BCUT2D eigenvalue weighted by Crippen LogP contribution is -2.34. The van der Waals surface area contributed by atoms with E-state index in [0.717, 1.165) is 3.79 Å². The van der Waals surface area contributed by atoms with E-state index >= 15 is 0 Å². The summed E-state index contributed by atoms with van der Waals surface area (Å²) in [6.07, 6.45) is 1.78. The molecule has 0 fully saturated rings. The first-order valence-corrected chi connectivity index (χ1v) is 8.67. The number of hydrogen-bond donors (Lipinski definition) is 1. The molecule has 1 aromatic carbocycles. The molecule has 5 nitrogen and oxygen atoms in total. The molecule has 0 bridgehead atoms. The third kappa shape index (κ3) is 5.12. The van der Waals surface area contributed by atoms with Crippen molar-refractivity contribution in [3.63, 3.8) is 0 Å². The van der Waals surface area contributed by atoms with Gasteiger partial charge in [0, 0.05) is 29.2 Å². The van der Waals surface area contributed by atoms with Crippen molar-refractivity contribution in [3.05, 3.63) is 67.8 Å². The first-order valence-electron chi connectivity index (χ1n) is 6.65. The van der Waals surface area contributed by atoms with Crippen LogP contribution in [0.25, 0.3) is 0 Å². The Kier molecular flexibility index (Phi) is 6.26. The fourth-order valence-electron chi connectivity index (χ4n) is 1.87. The third-order valence-electron chi connectivity index (χ3n) is 2.94. The van der Waals surface area contributed by atoms with Crippen molar-refractivity contribution >= 4 is 56.0 Å². The smallest absolute Gasteiger partial charge is 0.269 e. The molecule has 0 unspecified atom stereocenters. The van der Waals surface area contributed by atoms with Crippen LogP contribution in [0.1, 0.15) is 4.88 Å². The number of hydrogen-bond acceptors (Lipinski definition) is 4. The van der Waals surface area contributed by atoms with Gasteiger partial charge in [-0.25, -0.2) is 0 Å². The number of nitrogens with zero attached hydrogens (tertiary/aromatic N) is 2. The highest BCUT2D eigenvalue weighted by Gasteiger charge is 2.11. The Morgan fingerprint density at radius 2 is 2.09 bits per heavy atom. The highest BCUT2D eigenvalue weighted by molar-refractivity contribution is 9.11. The predicted molar refractivity (Wildman–Crippen MR) is 102 cm³/mol. The average Bonchev–Trinajstić information content (AvgIpc) is 2.92. The molecule has 0 saturated heterocycles. The fourth-order valence-corrected chi connectivity index (χ4v) is 3.62. The van der Waals surface area contributed by atoms with Crippen molar-refractivity contribution in [1.82, 2.24) is 4.90 Å². The first-order chi connectivity index (χ1) is 11.0. The summed E-state index contributed by atoms with van der Waals surface area (Å²) in [7, 11) is 0. The van der Waals surface area contributed by atoms with Crippen LogP contribution in [0.5, 0.6) is 0 Å². The number of nitrogens with one attached hydrogen (secondary N) is 1. The predicted octanol–water partition coefficient (Wildman–Crippen LogP) is 4.80. The number of nitro groups is 1. The van der Waals surface area contributed by atoms with Gasteiger partial charge in [0.2, 0.25) is 0 Å². The van der Waals surface area contributed by atoms with E-state index in [2.05, 4.69) is 27.8 Å². The maximum absolute atomic E-state index is 10.7. The van der Waals surface area contributed by atoms with Crippen LogP contribution in [0.4, 0.5) is 11.4 Å². The van der Waals surface area contributed by atoms with Gasteiger partial charge in [0.25, 0.3) is 5.69 Å². The molecule has 0 aliphatic rings. The van der Waals surface area contributed by atoms with E-state index in [-0.39, 0.29) is 5.69 Å². The zero-order valence-electron chi connectivity index (χ0n) is 12.1. The molecule has 23 heavy (non-hydrogen) atoms. The van der Waals surface area contributed by atoms with Crippen molar-refractivity contribution in [2.75, 3.05) is 11.9 Å². The topological polar surface area (TPSA) is 58.4 Å². The standard InChI is InChI=1S/C15H14BrN3O2S2/c1-2-9-18(10-13-7-8-14(16)23-13)15(22)17-11-3-5-12(6-4-11)19(20)21/h2-8H,1,9-10H2,(H,17,22). The van der Waals surface area contributed by atoms with E-state index in [1.54, 1.807) is 29.5 Å². The Bertz CT molecular complexity index is 716. The fraction of sp³-hybridized carbons (Fsp3) is 0.133. The minimum absolute atomic E-state index is 0.0489. The average molecular weight is 412 g/mol.